The van der Waals surface area contributed by atoms with E-state index in [2.05, 4.69) is 547 Å². The zero-order valence-corrected chi connectivity index (χ0v) is 73.6. The molecule has 0 bridgehead atoms. The molecule has 4 heterocycles. The lowest BCUT2D eigenvalue weighted by Crippen LogP contribution is -2.26. The van der Waals surface area contributed by atoms with E-state index in [0.29, 0.717) is 0 Å². The van der Waals surface area contributed by atoms with Crippen molar-refractivity contribution in [3.8, 4) is 56.1 Å². The van der Waals surface area contributed by atoms with Crippen LogP contribution in [0.1, 0.15) is 22.3 Å². The lowest BCUT2D eigenvalue weighted by molar-refractivity contribution is 0.794. The molecule has 8 nitrogen and oxygen atoms in total. The highest BCUT2D eigenvalue weighted by Gasteiger charge is 2.52. The first-order valence-corrected chi connectivity index (χ1v) is 46.4. The number of anilines is 12. The second-order valence-corrected chi connectivity index (χ2v) is 35.5. The predicted molar refractivity (Wildman–Crippen MR) is 564 cm³/mol. The van der Waals surface area contributed by atoms with E-state index < -0.39 is 5.41 Å². The Morgan fingerprint density at radius 3 is 0.711 bits per heavy atom. The molecule has 0 radical (unpaired) electrons. The maximum atomic E-state index is 2.52. The van der Waals surface area contributed by atoms with Crippen LogP contribution in [0.15, 0.2) is 510 Å². The highest BCUT2D eigenvalue weighted by atomic mass is 15.2. The van der Waals surface area contributed by atoms with Crippen molar-refractivity contribution in [3.05, 3.63) is 532 Å². The zero-order valence-electron chi connectivity index (χ0n) is 73.6. The highest BCUT2D eigenvalue weighted by Crippen LogP contribution is 2.64. The summed E-state index contributed by atoms with van der Waals surface area (Å²) >= 11 is 0. The van der Waals surface area contributed by atoms with Crippen molar-refractivity contribution in [3.63, 3.8) is 0 Å². The Morgan fingerprint density at radius 1 is 0.133 bits per heavy atom. The third kappa shape index (κ3) is 12.2. The molecule has 8 heteroatoms. The number of para-hydroxylation sites is 11. The Hall–Kier alpha value is -18.0. The van der Waals surface area contributed by atoms with Gasteiger partial charge >= 0.3 is 0 Å². The summed E-state index contributed by atoms with van der Waals surface area (Å²) in [4.78, 5) is 9.82. The quantitative estimate of drug-likeness (QED) is 0.0910. The smallest absolute Gasteiger partial charge is 0.0726 e. The first kappa shape index (κ1) is 77.0. The van der Waals surface area contributed by atoms with Crippen molar-refractivity contribution in [1.29, 1.82) is 0 Å². The van der Waals surface area contributed by atoms with Crippen LogP contribution in [0.5, 0.6) is 0 Å². The van der Waals surface area contributed by atoms with Crippen LogP contribution in [0.3, 0.4) is 0 Å². The van der Waals surface area contributed by atoms with Crippen LogP contribution in [0, 0.1) is 0 Å². The minimum Gasteiger partial charge on any atom is -0.310 e. The molecule has 2 aliphatic carbocycles. The van der Waals surface area contributed by atoms with Crippen LogP contribution in [0.4, 0.5) is 68.2 Å². The molecular weight excluding hydrogens is 1640 g/mol. The third-order valence-corrected chi connectivity index (χ3v) is 28.2. The SMILES string of the molecule is c1ccc(N(c2cc(N(c3ccccc3)c3ccc4c(c3)c3ccccc3n4-c3ccccc3)cc(N(c3ccccc3)c3ccc4c(c3)c3ccccc3n4-c3ccc(-c4ccc5c(c4)C4(c6ccccc6-c6ccccc64)c4cc(N(c6ccccc6)c6ccc7c(c6)c6ccccc6n7-c6ccccc6)ccc4-5)cc3)c2)c2ccc3c(c2)c2ccccc2n3-c2ccccc2)cc1. The van der Waals surface area contributed by atoms with Gasteiger partial charge in [-0.15, -0.1) is 0 Å². The summed E-state index contributed by atoms with van der Waals surface area (Å²) in [5.41, 5.74) is 37.7. The fourth-order valence-electron chi connectivity index (χ4n) is 22.6. The molecule has 0 saturated heterocycles. The van der Waals surface area contributed by atoms with Crippen molar-refractivity contribution in [2.45, 2.75) is 5.41 Å². The van der Waals surface area contributed by atoms with Crippen molar-refractivity contribution >= 4 is 155 Å². The lowest BCUT2D eigenvalue weighted by Gasteiger charge is -2.33. The molecule has 21 aromatic carbocycles. The van der Waals surface area contributed by atoms with E-state index in [1.54, 1.807) is 0 Å². The molecule has 135 heavy (non-hydrogen) atoms. The summed E-state index contributed by atoms with van der Waals surface area (Å²) in [5, 5.41) is 9.38. The number of aromatic nitrogens is 4. The first-order valence-electron chi connectivity index (χ1n) is 46.4. The van der Waals surface area contributed by atoms with Gasteiger partial charge in [-0.05, 0) is 286 Å². The summed E-state index contributed by atoms with van der Waals surface area (Å²) in [6.45, 7) is 0. The van der Waals surface area contributed by atoms with E-state index >= 15 is 0 Å². The monoisotopic (exact) mass is 1720 g/mol. The van der Waals surface area contributed by atoms with Crippen LogP contribution >= 0.6 is 0 Å². The van der Waals surface area contributed by atoms with Crippen LogP contribution in [0.2, 0.25) is 0 Å². The number of nitrogens with zero attached hydrogens (tertiary/aromatic N) is 8. The summed E-state index contributed by atoms with van der Waals surface area (Å²) in [5.74, 6) is 0. The topological polar surface area (TPSA) is 32.7 Å². The van der Waals surface area contributed by atoms with Crippen LogP contribution < -0.4 is 19.6 Å². The second-order valence-electron chi connectivity index (χ2n) is 35.5. The van der Waals surface area contributed by atoms with Gasteiger partial charge in [0.25, 0.3) is 0 Å². The van der Waals surface area contributed by atoms with Gasteiger partial charge in [-0.2, -0.15) is 0 Å². The second kappa shape index (κ2) is 31.1. The third-order valence-electron chi connectivity index (χ3n) is 28.2. The molecule has 0 fully saturated rings. The van der Waals surface area contributed by atoms with Crippen LogP contribution in [-0.2, 0) is 5.41 Å². The number of hydrogen-bond acceptors (Lipinski definition) is 4. The Bertz CT molecular complexity index is 8730. The van der Waals surface area contributed by atoms with Gasteiger partial charge in [0.1, 0.15) is 0 Å². The Labute approximate surface area is 781 Å². The normalized spacial score (nSPS) is 12.4. The van der Waals surface area contributed by atoms with Gasteiger partial charge in [-0.1, -0.05) is 279 Å². The molecule has 4 aromatic heterocycles. The Kier molecular flexibility index (Phi) is 17.8. The zero-order chi connectivity index (χ0) is 88.8. The lowest BCUT2D eigenvalue weighted by atomic mass is 9.70. The average molecular weight is 1720 g/mol. The van der Waals surface area contributed by atoms with E-state index in [-0.39, 0.29) is 0 Å². The fourth-order valence-corrected chi connectivity index (χ4v) is 22.6. The summed E-state index contributed by atoms with van der Waals surface area (Å²) < 4.78 is 9.65. The molecule has 0 N–H and O–H groups in total. The van der Waals surface area contributed by atoms with Gasteiger partial charge in [0.05, 0.1) is 66.6 Å². The number of benzene rings is 21. The van der Waals surface area contributed by atoms with Crippen LogP contribution in [0.25, 0.3) is 143 Å². The van der Waals surface area contributed by atoms with Crippen molar-refractivity contribution in [2.24, 2.45) is 0 Å². The number of hydrogen-bond donors (Lipinski definition) is 0. The summed E-state index contributed by atoms with van der Waals surface area (Å²) in [6, 6.07) is 189. The molecule has 0 amide bonds. The van der Waals surface area contributed by atoms with E-state index in [1.807, 2.05) is 0 Å². The van der Waals surface area contributed by atoms with Crippen molar-refractivity contribution in [1.82, 2.24) is 18.3 Å². The standard InChI is InChI=1S/C127H84N8/c1-8-34-87(35-9-1)128(95-66-72-123-111(80-95)107-50-24-30-56-119(107)132(123)91-42-16-5-17-43-91)99-65-71-106-105-70-62-86(76-117(105)127(118(106)84-99)115-54-28-22-48-103(115)104-49-23-29-55-116(104)127)85-60-63-94(64-61-85)135-122-59-33-27-53-110(122)114-83-98(69-75-126(114)135)131(90-40-14-4-15-41-90)102-78-100(129(88-36-10-2-11-37-88)96-67-73-124-112(81-96)108-51-25-31-57-120(108)133(124)92-44-18-6-19-45-92)77-101(79-102)130(89-38-12-3-13-39-89)97-68-74-125-113(82-97)109-52-26-32-58-121(109)134(125)93-46-20-7-21-47-93/h1-84H. The molecule has 0 aliphatic heterocycles. The summed E-state index contributed by atoms with van der Waals surface area (Å²) in [6.07, 6.45) is 0. The predicted octanol–water partition coefficient (Wildman–Crippen LogP) is 34.0. The molecule has 0 saturated carbocycles. The van der Waals surface area contributed by atoms with E-state index in [9.17, 15) is 0 Å². The average Bonchev–Trinajstić information content (AvgIpc) is 1.50. The van der Waals surface area contributed by atoms with Gasteiger partial charge in [0, 0.05) is 117 Å². The van der Waals surface area contributed by atoms with Crippen LogP contribution in [-0.4, -0.2) is 18.3 Å². The highest BCUT2D eigenvalue weighted by molar-refractivity contribution is 6.15. The van der Waals surface area contributed by atoms with E-state index in [1.165, 1.54) is 77.1 Å². The molecule has 0 unspecified atom stereocenters. The van der Waals surface area contributed by atoms with Gasteiger partial charge in [-0.25, -0.2) is 0 Å². The Balaban J connectivity index is 0.603. The van der Waals surface area contributed by atoms with Gasteiger partial charge in [0.15, 0.2) is 0 Å². The molecular formula is C127H84N8. The molecule has 1 spiro atoms. The minimum absolute atomic E-state index is 0.640. The van der Waals surface area contributed by atoms with Crippen molar-refractivity contribution in [2.75, 3.05) is 19.6 Å². The molecule has 0 atom stereocenters. The molecule has 632 valence electrons. The number of fused-ring (bicyclic) bond motifs is 22. The summed E-state index contributed by atoms with van der Waals surface area (Å²) in [7, 11) is 0. The maximum Gasteiger partial charge on any atom is 0.0726 e. The number of rotatable bonds is 17. The Morgan fingerprint density at radius 2 is 0.370 bits per heavy atom. The van der Waals surface area contributed by atoms with E-state index in [4.69, 9.17) is 0 Å². The fraction of sp³-hybridized carbons (Fsp3) is 0.00787. The molecule has 2 aliphatic rings. The maximum absolute atomic E-state index is 2.52. The van der Waals surface area contributed by atoms with Gasteiger partial charge in [-0.3, -0.25) is 0 Å². The van der Waals surface area contributed by atoms with Gasteiger partial charge < -0.3 is 37.9 Å². The largest absolute Gasteiger partial charge is 0.310 e. The first-order chi connectivity index (χ1) is 67.0. The minimum atomic E-state index is -0.640. The molecule has 25 aromatic rings. The van der Waals surface area contributed by atoms with E-state index in [0.717, 1.165) is 157 Å². The molecule has 27 rings (SSSR count). The van der Waals surface area contributed by atoms with Crippen molar-refractivity contribution < 1.29 is 0 Å². The van der Waals surface area contributed by atoms with Gasteiger partial charge in [0.2, 0.25) is 0 Å².